The zero-order chi connectivity index (χ0) is 67.8. The molecule has 0 rings (SSSR count). The smallest absolute Gasteiger partial charge is 0.00891 e. The van der Waals surface area contributed by atoms with E-state index in [1.807, 2.05) is 0 Å². The lowest BCUT2D eigenvalue weighted by atomic mass is 9.99. The molecule has 92 heavy (non-hydrogen) atoms. The molecule has 0 aromatic heterocycles. The van der Waals surface area contributed by atoms with Crippen LogP contribution in [-0.2, 0) is 0 Å². The standard InChI is InChI=1S/C32H63N.C29H59N.C28H57N/c1-4-5-6-7-8-9-10-11-12-13-14-15-16-17-18-19-20-23-26-29-32(33)30-27-24-21-22-25-28-31(2)3;1-5-7-9-11-13-14-15-16-17-18-19-20-22-24-26-28-29(30(3)4)27-25-23-21-12-10-8-6-2;1-5-7-9-11-13-14-15-16-17-18-19-20-21-23-25-27-28(29(3)4)26-24-22-12-10-8-6-2/h8-9,11-12,31-32H,4-7,10,13-30,33H2,1-3H3;16-17,29H,5-15,18-28H2,1-4H3;16-17,28H,5-15,18-27H2,1-4H3/b9-8+,12-11+;2*17-16-. The van der Waals surface area contributed by atoms with Crippen LogP contribution in [0.15, 0.2) is 48.6 Å². The van der Waals surface area contributed by atoms with E-state index in [1.54, 1.807) is 0 Å². The van der Waals surface area contributed by atoms with Crippen LogP contribution in [0.25, 0.3) is 0 Å². The average Bonchev–Trinajstić information content (AvgIpc) is 3.56. The Morgan fingerprint density at radius 3 is 0.620 bits per heavy atom. The van der Waals surface area contributed by atoms with Gasteiger partial charge in [0.25, 0.3) is 0 Å². The van der Waals surface area contributed by atoms with Gasteiger partial charge in [0, 0.05) is 18.1 Å². The normalized spacial score (nSPS) is 13.0. The lowest BCUT2D eigenvalue weighted by Gasteiger charge is -2.24. The molecule has 0 aliphatic carbocycles. The Hall–Kier alpha value is -1.16. The first-order valence-corrected chi connectivity index (χ1v) is 42.8. The summed E-state index contributed by atoms with van der Waals surface area (Å²) in [5.74, 6) is 0.869. The van der Waals surface area contributed by atoms with Crippen molar-refractivity contribution in [3.05, 3.63) is 48.6 Å². The van der Waals surface area contributed by atoms with Gasteiger partial charge in [-0.1, -0.05) is 399 Å². The molecule has 3 atom stereocenters. The van der Waals surface area contributed by atoms with E-state index >= 15 is 0 Å². The van der Waals surface area contributed by atoms with Gasteiger partial charge in [0.1, 0.15) is 0 Å². The Bertz CT molecular complexity index is 1390. The van der Waals surface area contributed by atoms with E-state index in [0.29, 0.717) is 6.04 Å². The highest BCUT2D eigenvalue weighted by Crippen LogP contribution is 2.21. The van der Waals surface area contributed by atoms with Gasteiger partial charge >= 0.3 is 0 Å². The summed E-state index contributed by atoms with van der Waals surface area (Å²) in [5.41, 5.74) is 6.32. The van der Waals surface area contributed by atoms with Crippen molar-refractivity contribution >= 4 is 0 Å². The second kappa shape index (κ2) is 85.9. The molecule has 3 heteroatoms. The fraction of sp³-hybridized carbons (Fsp3) is 0.910. The molecule has 3 nitrogen and oxygen atoms in total. The number of hydrogen-bond donors (Lipinski definition) is 1. The minimum Gasteiger partial charge on any atom is -0.328 e. The van der Waals surface area contributed by atoms with Crippen LogP contribution in [0.4, 0.5) is 0 Å². The van der Waals surface area contributed by atoms with Crippen LogP contribution in [0.2, 0.25) is 0 Å². The highest BCUT2D eigenvalue weighted by atomic mass is 15.1. The minimum atomic E-state index is 0.455. The van der Waals surface area contributed by atoms with E-state index in [2.05, 4.69) is 135 Å². The van der Waals surface area contributed by atoms with E-state index in [4.69, 9.17) is 5.73 Å². The van der Waals surface area contributed by atoms with Gasteiger partial charge in [-0.25, -0.2) is 0 Å². The molecule has 0 fully saturated rings. The third-order valence-corrected chi connectivity index (χ3v) is 20.0. The molecule has 0 radical (unpaired) electrons. The molecule has 0 aromatic rings. The lowest BCUT2D eigenvalue weighted by molar-refractivity contribution is 0.251. The number of nitrogens with zero attached hydrogens (tertiary/aromatic N) is 2. The van der Waals surface area contributed by atoms with Crippen LogP contribution in [0, 0.1) is 5.92 Å². The average molecular weight is 1290 g/mol. The van der Waals surface area contributed by atoms with Gasteiger partial charge in [0.15, 0.2) is 0 Å². The molecule has 0 spiro atoms. The number of nitrogens with two attached hydrogens (primary N) is 1. The van der Waals surface area contributed by atoms with Crippen LogP contribution < -0.4 is 5.73 Å². The van der Waals surface area contributed by atoms with Crippen LogP contribution in [-0.4, -0.2) is 56.1 Å². The van der Waals surface area contributed by atoms with Gasteiger partial charge in [0.2, 0.25) is 0 Å². The summed E-state index contributed by atoms with van der Waals surface area (Å²) in [6.07, 6.45) is 111. The third kappa shape index (κ3) is 86.9. The molecule has 3 unspecified atom stereocenters. The fourth-order valence-electron chi connectivity index (χ4n) is 13.3. The van der Waals surface area contributed by atoms with Crippen molar-refractivity contribution in [1.29, 1.82) is 0 Å². The SMILES string of the molecule is CCCCC/C=C/C/C=C/CCCCCCCCCCCC(N)CCCCCCCC(C)C.CCCCCCCC/C=C\CCCCCCCC(CCCCCCCC)N(C)C.CCCCCCCC/C=C\CCCCCCCC(CCCCCCCCC)N(C)C. The first-order valence-electron chi connectivity index (χ1n) is 42.8. The quantitative estimate of drug-likeness (QED) is 0.0487. The van der Waals surface area contributed by atoms with Gasteiger partial charge in [-0.3, -0.25) is 0 Å². The summed E-state index contributed by atoms with van der Waals surface area (Å²) >= 11 is 0. The molecular formula is C89H179N3. The molecule has 0 aliphatic rings. The molecule has 0 saturated carbocycles. The summed E-state index contributed by atoms with van der Waals surface area (Å²) in [4.78, 5) is 4.95. The first-order chi connectivity index (χ1) is 45.1. The third-order valence-electron chi connectivity index (χ3n) is 20.0. The molecule has 0 aliphatic heterocycles. The molecule has 2 N–H and O–H groups in total. The Balaban J connectivity index is -0.00000129. The summed E-state index contributed by atoms with van der Waals surface area (Å²) in [5, 5.41) is 0. The molecule has 0 heterocycles. The fourth-order valence-corrected chi connectivity index (χ4v) is 13.3. The van der Waals surface area contributed by atoms with Crippen molar-refractivity contribution in [2.45, 2.75) is 490 Å². The van der Waals surface area contributed by atoms with E-state index in [-0.39, 0.29) is 0 Å². The summed E-state index contributed by atoms with van der Waals surface area (Å²) in [6.45, 7) is 16.1. The number of unbranched alkanes of at least 4 members (excludes halogenated alkanes) is 49. The molecule has 550 valence electrons. The van der Waals surface area contributed by atoms with Gasteiger partial charge in [-0.15, -0.1) is 0 Å². The Labute approximate surface area is 585 Å². The van der Waals surface area contributed by atoms with E-state index in [0.717, 1.165) is 24.4 Å². The highest BCUT2D eigenvalue weighted by molar-refractivity contribution is 4.92. The predicted octanol–water partition coefficient (Wildman–Crippen LogP) is 30.9. The maximum absolute atomic E-state index is 6.32. The maximum Gasteiger partial charge on any atom is 0.00891 e. The minimum absolute atomic E-state index is 0.455. The van der Waals surface area contributed by atoms with Crippen molar-refractivity contribution in [3.63, 3.8) is 0 Å². The molecule has 0 bridgehead atoms. The molecule has 0 aromatic carbocycles. The second-order valence-corrected chi connectivity index (χ2v) is 30.4. The van der Waals surface area contributed by atoms with Gasteiger partial charge < -0.3 is 15.5 Å². The summed E-state index contributed by atoms with van der Waals surface area (Å²) in [6, 6.07) is 2.08. The van der Waals surface area contributed by atoms with Crippen LogP contribution in [0.1, 0.15) is 472 Å². The Kier molecular flexibility index (Phi) is 88.8. The van der Waals surface area contributed by atoms with Gasteiger partial charge in [-0.05, 0) is 156 Å². The highest BCUT2D eigenvalue weighted by Gasteiger charge is 2.12. The summed E-state index contributed by atoms with van der Waals surface area (Å²) in [7, 11) is 9.12. The van der Waals surface area contributed by atoms with Crippen LogP contribution >= 0.6 is 0 Å². The molecular weight excluding hydrogens is 1110 g/mol. The van der Waals surface area contributed by atoms with Crippen molar-refractivity contribution < 1.29 is 0 Å². The lowest BCUT2D eigenvalue weighted by Crippen LogP contribution is -2.27. The van der Waals surface area contributed by atoms with Crippen molar-refractivity contribution in [2.75, 3.05) is 28.2 Å². The number of hydrogen-bond acceptors (Lipinski definition) is 3. The molecule has 0 amide bonds. The zero-order valence-electron chi connectivity index (χ0n) is 66.1. The summed E-state index contributed by atoms with van der Waals surface area (Å²) < 4.78 is 0. The van der Waals surface area contributed by atoms with Gasteiger partial charge in [-0.2, -0.15) is 0 Å². The zero-order valence-corrected chi connectivity index (χ0v) is 66.1. The van der Waals surface area contributed by atoms with Gasteiger partial charge in [0.05, 0.1) is 0 Å². The number of allylic oxidation sites excluding steroid dienone is 8. The topological polar surface area (TPSA) is 32.5 Å². The maximum atomic E-state index is 6.32. The van der Waals surface area contributed by atoms with Crippen molar-refractivity contribution in [2.24, 2.45) is 11.7 Å². The second-order valence-electron chi connectivity index (χ2n) is 30.4. The Morgan fingerprint density at radius 1 is 0.217 bits per heavy atom. The first kappa shape index (κ1) is 95.0. The van der Waals surface area contributed by atoms with E-state index < -0.39 is 0 Å². The Morgan fingerprint density at radius 2 is 0.391 bits per heavy atom. The molecule has 0 saturated heterocycles. The van der Waals surface area contributed by atoms with Crippen LogP contribution in [0.3, 0.4) is 0 Å². The van der Waals surface area contributed by atoms with E-state index in [9.17, 15) is 0 Å². The largest absolute Gasteiger partial charge is 0.328 e. The van der Waals surface area contributed by atoms with Crippen LogP contribution in [0.5, 0.6) is 0 Å². The predicted molar refractivity (Wildman–Crippen MR) is 427 cm³/mol. The monoisotopic (exact) mass is 1290 g/mol. The van der Waals surface area contributed by atoms with Crippen molar-refractivity contribution in [1.82, 2.24) is 9.80 Å². The van der Waals surface area contributed by atoms with E-state index in [1.165, 1.54) is 417 Å². The van der Waals surface area contributed by atoms with Crippen molar-refractivity contribution in [3.8, 4) is 0 Å². The number of rotatable bonds is 73.